The van der Waals surface area contributed by atoms with Crippen LogP contribution in [0.15, 0.2) is 0 Å². The van der Waals surface area contributed by atoms with Gasteiger partial charge in [0.15, 0.2) is 0 Å². The molecule has 0 aliphatic heterocycles. The number of hydrogen-bond donors (Lipinski definition) is 1. The van der Waals surface area contributed by atoms with Crippen molar-refractivity contribution in [3.63, 3.8) is 0 Å². The Labute approximate surface area is 139 Å². The smallest absolute Gasteiger partial charge is 0.408 e. The first-order valence-corrected chi connectivity index (χ1v) is 7.71. The van der Waals surface area contributed by atoms with Crippen LogP contribution in [0.2, 0.25) is 0 Å². The van der Waals surface area contributed by atoms with E-state index in [1.165, 1.54) is 7.11 Å². The lowest BCUT2D eigenvalue weighted by molar-refractivity contribution is -0.156. The zero-order valence-electron chi connectivity index (χ0n) is 15.4. The Balaban J connectivity index is 4.10. The zero-order valence-corrected chi connectivity index (χ0v) is 15.4. The molecule has 136 valence electrons. The molecule has 0 fully saturated rings. The highest BCUT2D eigenvalue weighted by Crippen LogP contribution is 2.08. The molecule has 0 spiro atoms. The number of methoxy groups -OCH3 is 1. The fourth-order valence-electron chi connectivity index (χ4n) is 1.58. The van der Waals surface area contributed by atoms with E-state index in [0.717, 1.165) is 0 Å². The molecule has 0 saturated carbocycles. The van der Waals surface area contributed by atoms with E-state index < -0.39 is 17.3 Å². The van der Waals surface area contributed by atoms with Crippen molar-refractivity contribution in [3.8, 4) is 0 Å². The molecule has 0 aliphatic rings. The third-order valence-electron chi connectivity index (χ3n) is 2.28. The Morgan fingerprint density at radius 2 is 1.52 bits per heavy atom. The maximum Gasteiger partial charge on any atom is 0.408 e. The van der Waals surface area contributed by atoms with E-state index in [2.05, 4.69) is 5.32 Å². The molecule has 0 aromatic rings. The number of rotatable bonds is 8. The van der Waals surface area contributed by atoms with Crippen molar-refractivity contribution >= 4 is 12.1 Å². The number of ether oxygens (including phenoxy) is 4. The van der Waals surface area contributed by atoms with Crippen LogP contribution in [0, 0.1) is 0 Å². The lowest BCUT2D eigenvalue weighted by Crippen LogP contribution is -2.44. The summed E-state index contributed by atoms with van der Waals surface area (Å²) in [5.41, 5.74) is -1.08. The molecule has 1 N–H and O–H groups in total. The molecular weight excluding hydrogens is 302 g/mol. The average molecular weight is 333 g/mol. The van der Waals surface area contributed by atoms with Crippen LogP contribution in [0.3, 0.4) is 0 Å². The molecular formula is C16H31NO6. The molecule has 0 heterocycles. The maximum atomic E-state index is 11.7. The van der Waals surface area contributed by atoms with Gasteiger partial charge in [0, 0.05) is 7.11 Å². The molecule has 0 unspecified atom stereocenters. The first-order chi connectivity index (χ1) is 10.4. The number of hydrogen-bond acceptors (Lipinski definition) is 6. The molecule has 0 radical (unpaired) electrons. The largest absolute Gasteiger partial charge is 0.460 e. The van der Waals surface area contributed by atoms with Crippen molar-refractivity contribution in [1.29, 1.82) is 0 Å². The van der Waals surface area contributed by atoms with Gasteiger partial charge in [0.25, 0.3) is 0 Å². The van der Waals surface area contributed by atoms with E-state index in [0.29, 0.717) is 0 Å². The summed E-state index contributed by atoms with van der Waals surface area (Å²) in [4.78, 5) is 23.3. The first kappa shape index (κ1) is 21.7. The van der Waals surface area contributed by atoms with Crippen molar-refractivity contribution in [2.75, 3.05) is 26.9 Å². The number of amides is 1. The molecule has 0 aromatic carbocycles. The van der Waals surface area contributed by atoms with Crippen LogP contribution in [-0.4, -0.2) is 56.2 Å². The van der Waals surface area contributed by atoms with E-state index in [9.17, 15) is 9.59 Å². The van der Waals surface area contributed by atoms with Crippen LogP contribution in [0.4, 0.5) is 4.79 Å². The Morgan fingerprint density at radius 3 is 2.00 bits per heavy atom. The minimum Gasteiger partial charge on any atom is -0.460 e. The Kier molecular flexibility index (Phi) is 9.16. The summed E-state index contributed by atoms with van der Waals surface area (Å²) in [6.07, 6.45) is -0.376. The van der Waals surface area contributed by atoms with Gasteiger partial charge in [-0.05, 0) is 41.5 Å². The van der Waals surface area contributed by atoms with Gasteiger partial charge in [-0.3, -0.25) is 4.79 Å². The number of alkyl carbamates (subject to hydrolysis) is 1. The van der Waals surface area contributed by atoms with Gasteiger partial charge in [0.2, 0.25) is 0 Å². The quantitative estimate of drug-likeness (QED) is 0.542. The third kappa shape index (κ3) is 14.0. The Bertz CT molecular complexity index is 370. The minimum atomic E-state index is -0.570. The normalized spacial score (nSPS) is 13.3. The summed E-state index contributed by atoms with van der Waals surface area (Å²) >= 11 is 0. The SMILES string of the molecule is COC[C@@H](COCCC(=O)OC(C)(C)C)NC(=O)OC(C)(C)C. The fourth-order valence-corrected chi connectivity index (χ4v) is 1.58. The highest BCUT2D eigenvalue weighted by Gasteiger charge is 2.20. The Morgan fingerprint density at radius 1 is 0.957 bits per heavy atom. The van der Waals surface area contributed by atoms with Crippen LogP contribution in [0.25, 0.3) is 0 Å². The summed E-state index contributed by atoms with van der Waals surface area (Å²) in [5, 5.41) is 2.67. The monoisotopic (exact) mass is 333 g/mol. The lowest BCUT2D eigenvalue weighted by atomic mass is 10.2. The molecule has 7 heteroatoms. The number of carbonyl (C=O) groups excluding carboxylic acids is 2. The fraction of sp³-hybridized carbons (Fsp3) is 0.875. The van der Waals surface area contributed by atoms with Gasteiger partial charge >= 0.3 is 12.1 Å². The van der Waals surface area contributed by atoms with Gasteiger partial charge in [0.1, 0.15) is 11.2 Å². The van der Waals surface area contributed by atoms with Crippen LogP contribution in [0.5, 0.6) is 0 Å². The number of esters is 1. The van der Waals surface area contributed by atoms with Gasteiger partial charge in [-0.1, -0.05) is 0 Å². The molecule has 0 rings (SSSR count). The van der Waals surface area contributed by atoms with Gasteiger partial charge in [0.05, 0.1) is 32.3 Å². The highest BCUT2D eigenvalue weighted by molar-refractivity contribution is 5.70. The topological polar surface area (TPSA) is 83.1 Å². The van der Waals surface area contributed by atoms with E-state index in [1.54, 1.807) is 20.8 Å². The van der Waals surface area contributed by atoms with Crippen LogP contribution < -0.4 is 5.32 Å². The number of carbonyl (C=O) groups is 2. The van der Waals surface area contributed by atoms with Crippen molar-refractivity contribution in [1.82, 2.24) is 5.32 Å². The van der Waals surface area contributed by atoms with E-state index >= 15 is 0 Å². The van der Waals surface area contributed by atoms with E-state index in [1.807, 2.05) is 20.8 Å². The molecule has 0 aromatic heterocycles. The molecule has 0 saturated heterocycles. The van der Waals surface area contributed by atoms with Crippen molar-refractivity contribution < 1.29 is 28.5 Å². The lowest BCUT2D eigenvalue weighted by Gasteiger charge is -2.23. The van der Waals surface area contributed by atoms with Gasteiger partial charge < -0.3 is 24.3 Å². The second-order valence-electron chi connectivity index (χ2n) is 7.21. The summed E-state index contributed by atoms with van der Waals surface area (Å²) in [7, 11) is 1.53. The van der Waals surface area contributed by atoms with Crippen molar-refractivity contribution in [3.05, 3.63) is 0 Å². The summed E-state index contributed by atoms with van der Waals surface area (Å²) in [5.74, 6) is -0.319. The van der Waals surface area contributed by atoms with Crippen LogP contribution in [0.1, 0.15) is 48.0 Å². The molecule has 23 heavy (non-hydrogen) atoms. The van der Waals surface area contributed by atoms with Crippen LogP contribution >= 0.6 is 0 Å². The van der Waals surface area contributed by atoms with Gasteiger partial charge in [-0.25, -0.2) is 4.79 Å². The second kappa shape index (κ2) is 9.72. The minimum absolute atomic E-state index is 0.156. The summed E-state index contributed by atoms with van der Waals surface area (Å²) < 4.78 is 20.8. The summed E-state index contributed by atoms with van der Waals surface area (Å²) in [6.45, 7) is 11.5. The highest BCUT2D eigenvalue weighted by atomic mass is 16.6. The van der Waals surface area contributed by atoms with E-state index in [4.69, 9.17) is 18.9 Å². The van der Waals surface area contributed by atoms with Gasteiger partial charge in [-0.15, -0.1) is 0 Å². The van der Waals surface area contributed by atoms with Gasteiger partial charge in [-0.2, -0.15) is 0 Å². The third-order valence-corrected chi connectivity index (χ3v) is 2.28. The predicted octanol–water partition coefficient (Wildman–Crippen LogP) is 2.27. The van der Waals surface area contributed by atoms with Crippen molar-refractivity contribution in [2.45, 2.75) is 65.2 Å². The maximum absolute atomic E-state index is 11.7. The van der Waals surface area contributed by atoms with Crippen LogP contribution in [-0.2, 0) is 23.7 Å². The average Bonchev–Trinajstić information content (AvgIpc) is 2.30. The molecule has 0 bridgehead atoms. The number of nitrogens with one attached hydrogen (secondary N) is 1. The first-order valence-electron chi connectivity index (χ1n) is 7.71. The zero-order chi connectivity index (χ0) is 18.1. The standard InChI is InChI=1S/C16H31NO6/c1-15(2,3)22-13(18)8-9-21-11-12(10-20-7)17-14(19)23-16(4,5)6/h12H,8-11H2,1-7H3,(H,17,19)/t12-/m0/s1. The molecule has 0 aliphatic carbocycles. The summed E-state index contributed by atoms with van der Waals surface area (Å²) in [6, 6.07) is -0.353. The predicted molar refractivity (Wildman–Crippen MR) is 86.3 cm³/mol. The molecule has 1 atom stereocenters. The molecule has 1 amide bonds. The Hall–Kier alpha value is -1.34. The molecule has 7 nitrogen and oxygen atoms in total. The second-order valence-corrected chi connectivity index (χ2v) is 7.21. The van der Waals surface area contributed by atoms with E-state index in [-0.39, 0.29) is 38.3 Å². The van der Waals surface area contributed by atoms with Crippen molar-refractivity contribution in [2.24, 2.45) is 0 Å².